The SMILES string of the molecule is CC1(N(Cc2ccccc2)C[C@H](CC(=O)O)c2ccc(OCc3ccccc3)c([N+](=O)[O-])c2)Cc2ccccc2C1. The second kappa shape index (κ2) is 12.4. The number of aliphatic carboxylic acids is 1. The van der Waals surface area contributed by atoms with Gasteiger partial charge in [0.05, 0.1) is 11.3 Å². The summed E-state index contributed by atoms with van der Waals surface area (Å²) in [6.45, 7) is 3.51. The zero-order valence-corrected chi connectivity index (χ0v) is 23.1. The van der Waals surface area contributed by atoms with E-state index < -0.39 is 16.8 Å². The van der Waals surface area contributed by atoms with Crippen molar-refractivity contribution in [2.24, 2.45) is 0 Å². The molecule has 0 saturated heterocycles. The first-order valence-electron chi connectivity index (χ1n) is 13.8. The third-order valence-corrected chi connectivity index (χ3v) is 7.99. The Labute approximate surface area is 240 Å². The Bertz CT molecular complexity index is 1480. The second-order valence-electron chi connectivity index (χ2n) is 11.0. The van der Waals surface area contributed by atoms with Crippen molar-refractivity contribution in [2.45, 2.75) is 50.8 Å². The number of nitrogens with zero attached hydrogens (tertiary/aromatic N) is 2. The smallest absolute Gasteiger partial charge is 0.311 e. The molecule has 0 saturated carbocycles. The number of carbonyl (C=O) groups is 1. The van der Waals surface area contributed by atoms with Gasteiger partial charge in [-0.15, -0.1) is 0 Å². The van der Waals surface area contributed by atoms with E-state index in [1.807, 2.05) is 48.5 Å². The van der Waals surface area contributed by atoms with E-state index in [0.29, 0.717) is 18.7 Å². The van der Waals surface area contributed by atoms with Crippen LogP contribution in [-0.4, -0.2) is 33.0 Å². The molecule has 1 aliphatic rings. The monoisotopic (exact) mass is 550 g/mol. The third-order valence-electron chi connectivity index (χ3n) is 7.99. The Morgan fingerprint density at radius 3 is 2.10 bits per heavy atom. The summed E-state index contributed by atoms with van der Waals surface area (Å²) in [4.78, 5) is 26.1. The summed E-state index contributed by atoms with van der Waals surface area (Å²) in [6.07, 6.45) is 1.56. The average molecular weight is 551 g/mol. The average Bonchev–Trinajstić information content (AvgIpc) is 3.33. The van der Waals surface area contributed by atoms with Crippen molar-refractivity contribution in [3.63, 3.8) is 0 Å². The molecule has 4 aromatic rings. The van der Waals surface area contributed by atoms with Crippen molar-refractivity contribution < 1.29 is 19.6 Å². The summed E-state index contributed by atoms with van der Waals surface area (Å²) < 4.78 is 5.83. The Morgan fingerprint density at radius 2 is 1.51 bits per heavy atom. The summed E-state index contributed by atoms with van der Waals surface area (Å²) in [7, 11) is 0. The minimum absolute atomic E-state index is 0.143. The van der Waals surface area contributed by atoms with Crippen LogP contribution in [0.2, 0.25) is 0 Å². The number of ether oxygens (including phenoxy) is 1. The number of carboxylic acid groups (broad SMARTS) is 1. The predicted octanol–water partition coefficient (Wildman–Crippen LogP) is 6.79. The van der Waals surface area contributed by atoms with Crippen molar-refractivity contribution in [1.82, 2.24) is 4.90 Å². The fourth-order valence-corrected chi connectivity index (χ4v) is 5.84. The quantitative estimate of drug-likeness (QED) is 0.154. The van der Waals surface area contributed by atoms with E-state index in [1.54, 1.807) is 12.1 Å². The van der Waals surface area contributed by atoms with Crippen molar-refractivity contribution in [1.29, 1.82) is 0 Å². The lowest BCUT2D eigenvalue weighted by molar-refractivity contribution is -0.386. The van der Waals surface area contributed by atoms with Gasteiger partial charge in [0.15, 0.2) is 5.75 Å². The molecule has 0 aromatic heterocycles. The van der Waals surface area contributed by atoms with Gasteiger partial charge in [-0.2, -0.15) is 0 Å². The largest absolute Gasteiger partial charge is 0.482 e. The van der Waals surface area contributed by atoms with Crippen LogP contribution >= 0.6 is 0 Å². The molecule has 4 aromatic carbocycles. The van der Waals surface area contributed by atoms with E-state index in [-0.39, 0.29) is 30.0 Å². The van der Waals surface area contributed by atoms with E-state index in [9.17, 15) is 20.0 Å². The molecule has 7 heteroatoms. The van der Waals surface area contributed by atoms with Crippen molar-refractivity contribution in [2.75, 3.05) is 6.54 Å². The van der Waals surface area contributed by atoms with Gasteiger partial charge in [0.1, 0.15) is 6.61 Å². The summed E-state index contributed by atoms with van der Waals surface area (Å²) in [5, 5.41) is 22.0. The van der Waals surface area contributed by atoms with Gasteiger partial charge >= 0.3 is 11.7 Å². The van der Waals surface area contributed by atoms with Crippen LogP contribution in [0.3, 0.4) is 0 Å². The van der Waals surface area contributed by atoms with E-state index in [4.69, 9.17) is 4.74 Å². The maximum Gasteiger partial charge on any atom is 0.311 e. The Morgan fingerprint density at radius 1 is 0.927 bits per heavy atom. The fraction of sp³-hybridized carbons (Fsp3) is 0.265. The maximum absolute atomic E-state index is 12.1. The molecule has 1 N–H and O–H groups in total. The number of rotatable bonds is 12. The minimum atomic E-state index is -0.943. The zero-order chi connectivity index (χ0) is 28.8. The first-order valence-corrected chi connectivity index (χ1v) is 13.8. The van der Waals surface area contributed by atoms with Gasteiger partial charge in [-0.1, -0.05) is 91.0 Å². The molecule has 7 nitrogen and oxygen atoms in total. The van der Waals surface area contributed by atoms with Crippen LogP contribution in [0.5, 0.6) is 5.75 Å². The molecule has 41 heavy (non-hydrogen) atoms. The number of benzene rings is 4. The lowest BCUT2D eigenvalue weighted by atomic mass is 9.89. The van der Waals surface area contributed by atoms with E-state index in [0.717, 1.165) is 24.0 Å². The molecular formula is C34H34N2O5. The van der Waals surface area contributed by atoms with Crippen LogP contribution in [0.15, 0.2) is 103 Å². The number of nitro groups is 1. The molecule has 0 amide bonds. The van der Waals surface area contributed by atoms with Crippen molar-refractivity contribution in [3.05, 3.63) is 141 Å². The van der Waals surface area contributed by atoms with Crippen LogP contribution in [-0.2, 0) is 30.8 Å². The van der Waals surface area contributed by atoms with Crippen LogP contribution < -0.4 is 4.74 Å². The fourth-order valence-electron chi connectivity index (χ4n) is 5.84. The molecule has 0 unspecified atom stereocenters. The first-order chi connectivity index (χ1) is 19.8. The van der Waals surface area contributed by atoms with Gasteiger partial charge in [-0.25, -0.2) is 0 Å². The Balaban J connectivity index is 1.45. The van der Waals surface area contributed by atoms with Crippen LogP contribution in [0.4, 0.5) is 5.69 Å². The molecule has 0 heterocycles. The topological polar surface area (TPSA) is 92.9 Å². The number of carboxylic acids is 1. The molecule has 1 atom stereocenters. The molecule has 0 radical (unpaired) electrons. The Hall–Kier alpha value is -4.49. The molecule has 5 rings (SSSR count). The molecule has 0 fully saturated rings. The highest BCUT2D eigenvalue weighted by Crippen LogP contribution is 2.38. The standard InChI is InChI=1S/C34H34N2O5/c1-34(20-28-14-8-9-15-29(28)21-34)35(22-25-10-4-2-5-11-25)23-30(19-33(37)38)27-16-17-32(31(18-27)36(39)40)41-24-26-12-6-3-7-13-26/h2-18,30H,19-24H2,1H3,(H,37,38)/t30-/m0/s1. The first kappa shape index (κ1) is 28.1. The zero-order valence-electron chi connectivity index (χ0n) is 23.1. The predicted molar refractivity (Wildman–Crippen MR) is 158 cm³/mol. The van der Waals surface area contributed by atoms with E-state index in [2.05, 4.69) is 48.2 Å². The summed E-state index contributed by atoms with van der Waals surface area (Å²) in [5.41, 5.74) is 4.86. The highest BCUT2D eigenvalue weighted by Gasteiger charge is 2.39. The van der Waals surface area contributed by atoms with Crippen LogP contribution in [0.1, 0.15) is 47.1 Å². The number of hydrogen-bond acceptors (Lipinski definition) is 5. The molecule has 1 aliphatic carbocycles. The molecule has 210 valence electrons. The van der Waals surface area contributed by atoms with Crippen molar-refractivity contribution in [3.8, 4) is 5.75 Å². The Kier molecular flexibility index (Phi) is 8.45. The molecule has 0 bridgehead atoms. The van der Waals surface area contributed by atoms with Gasteiger partial charge < -0.3 is 9.84 Å². The highest BCUT2D eigenvalue weighted by molar-refractivity contribution is 5.68. The van der Waals surface area contributed by atoms with E-state index >= 15 is 0 Å². The summed E-state index contributed by atoms with van der Waals surface area (Å²) in [6, 6.07) is 32.9. The summed E-state index contributed by atoms with van der Waals surface area (Å²) >= 11 is 0. The minimum Gasteiger partial charge on any atom is -0.482 e. The molecule has 0 aliphatic heterocycles. The van der Waals surface area contributed by atoms with E-state index in [1.165, 1.54) is 17.2 Å². The van der Waals surface area contributed by atoms with Gasteiger partial charge in [-0.05, 0) is 53.6 Å². The van der Waals surface area contributed by atoms with Gasteiger partial charge in [0.25, 0.3) is 0 Å². The van der Waals surface area contributed by atoms with Gasteiger partial charge in [-0.3, -0.25) is 19.8 Å². The number of nitro benzene ring substituents is 1. The normalized spacial score (nSPS) is 14.4. The lowest BCUT2D eigenvalue weighted by Gasteiger charge is -2.41. The summed E-state index contributed by atoms with van der Waals surface area (Å²) in [5.74, 6) is -1.24. The molecule has 0 spiro atoms. The number of hydrogen-bond donors (Lipinski definition) is 1. The maximum atomic E-state index is 12.1. The van der Waals surface area contributed by atoms with Gasteiger partial charge in [0, 0.05) is 30.6 Å². The van der Waals surface area contributed by atoms with Crippen LogP contribution in [0.25, 0.3) is 0 Å². The lowest BCUT2D eigenvalue weighted by Crippen LogP contribution is -2.48. The molecular weight excluding hydrogens is 516 g/mol. The van der Waals surface area contributed by atoms with Gasteiger partial charge in [0.2, 0.25) is 0 Å². The second-order valence-corrected chi connectivity index (χ2v) is 11.0. The number of fused-ring (bicyclic) bond motifs is 1. The van der Waals surface area contributed by atoms with Crippen molar-refractivity contribution >= 4 is 11.7 Å². The third kappa shape index (κ3) is 6.81. The highest BCUT2D eigenvalue weighted by atomic mass is 16.6. The van der Waals surface area contributed by atoms with Crippen LogP contribution in [0, 0.1) is 10.1 Å².